The van der Waals surface area contributed by atoms with Crippen LogP contribution in [0.25, 0.3) is 0 Å². The average molecular weight is 176 g/mol. The highest BCUT2D eigenvalue weighted by molar-refractivity contribution is 4.83. The highest BCUT2D eigenvalue weighted by atomic mass is 19.1. The zero-order valence-corrected chi connectivity index (χ0v) is 8.44. The SMILES string of the molecule is CC.CNC1CN(CCCF)C1. The molecule has 0 atom stereocenters. The fourth-order valence-electron chi connectivity index (χ4n) is 1.22. The number of hydrogen-bond acceptors (Lipinski definition) is 2. The van der Waals surface area contributed by atoms with E-state index in [4.69, 9.17) is 0 Å². The van der Waals surface area contributed by atoms with Crippen molar-refractivity contribution in [3.63, 3.8) is 0 Å². The molecular formula is C9H21FN2. The molecule has 12 heavy (non-hydrogen) atoms. The predicted octanol–water partition coefficient (Wildman–Crippen LogP) is 1.28. The standard InChI is InChI=1S/C7H15FN2.C2H6/c1-9-7-5-10(6-7)4-2-3-8;1-2/h7,9H,2-6H2,1H3;1-2H3. The number of likely N-dealkylation sites (tertiary alicyclic amines) is 1. The summed E-state index contributed by atoms with van der Waals surface area (Å²) in [5.41, 5.74) is 0. The van der Waals surface area contributed by atoms with Gasteiger partial charge in [-0.05, 0) is 13.5 Å². The lowest BCUT2D eigenvalue weighted by atomic mass is 10.1. The van der Waals surface area contributed by atoms with Gasteiger partial charge in [0.2, 0.25) is 0 Å². The molecule has 1 aliphatic heterocycles. The van der Waals surface area contributed by atoms with Gasteiger partial charge in [-0.25, -0.2) is 0 Å². The van der Waals surface area contributed by atoms with Gasteiger partial charge in [-0.15, -0.1) is 0 Å². The first kappa shape index (κ1) is 11.8. The summed E-state index contributed by atoms with van der Waals surface area (Å²) in [7, 11) is 1.97. The van der Waals surface area contributed by atoms with Crippen molar-refractivity contribution in [3.05, 3.63) is 0 Å². The molecule has 0 aromatic carbocycles. The number of nitrogens with one attached hydrogen (secondary N) is 1. The Hall–Kier alpha value is -0.150. The molecule has 3 heteroatoms. The second kappa shape index (κ2) is 7.50. The molecule has 1 N–H and O–H groups in total. The molecule has 0 unspecified atom stereocenters. The number of halogens is 1. The van der Waals surface area contributed by atoms with Crippen LogP contribution in [0.2, 0.25) is 0 Å². The van der Waals surface area contributed by atoms with Crippen LogP contribution in [0, 0.1) is 0 Å². The van der Waals surface area contributed by atoms with Gasteiger partial charge in [-0.1, -0.05) is 13.8 Å². The third-order valence-corrected chi connectivity index (χ3v) is 1.97. The lowest BCUT2D eigenvalue weighted by molar-refractivity contribution is 0.127. The van der Waals surface area contributed by atoms with Gasteiger partial charge >= 0.3 is 0 Å². The minimum absolute atomic E-state index is 0.180. The Balaban J connectivity index is 0.000000561. The average Bonchev–Trinajstić information content (AvgIpc) is 2.06. The topological polar surface area (TPSA) is 15.3 Å². The lowest BCUT2D eigenvalue weighted by Gasteiger charge is -2.38. The molecule has 0 amide bonds. The summed E-state index contributed by atoms with van der Waals surface area (Å²) in [4.78, 5) is 2.26. The first-order chi connectivity index (χ1) is 5.86. The first-order valence-corrected chi connectivity index (χ1v) is 4.82. The van der Waals surface area contributed by atoms with Gasteiger partial charge in [-0.3, -0.25) is 4.39 Å². The minimum Gasteiger partial charge on any atom is -0.315 e. The second-order valence-corrected chi connectivity index (χ2v) is 2.79. The summed E-state index contributed by atoms with van der Waals surface area (Å²) < 4.78 is 11.7. The molecule has 0 spiro atoms. The van der Waals surface area contributed by atoms with E-state index in [1.165, 1.54) is 0 Å². The van der Waals surface area contributed by atoms with Crippen molar-refractivity contribution in [1.29, 1.82) is 0 Å². The Morgan fingerprint density at radius 1 is 1.42 bits per heavy atom. The first-order valence-electron chi connectivity index (χ1n) is 4.82. The molecule has 1 rings (SSSR count). The molecule has 0 bridgehead atoms. The fraction of sp³-hybridized carbons (Fsp3) is 1.00. The molecule has 0 radical (unpaired) electrons. The van der Waals surface area contributed by atoms with E-state index in [0.29, 0.717) is 12.5 Å². The minimum atomic E-state index is -0.180. The lowest BCUT2D eigenvalue weighted by Crippen LogP contribution is -2.56. The monoisotopic (exact) mass is 176 g/mol. The van der Waals surface area contributed by atoms with Crippen molar-refractivity contribution in [2.45, 2.75) is 26.3 Å². The third kappa shape index (κ3) is 4.02. The van der Waals surface area contributed by atoms with Crippen LogP contribution in [0.15, 0.2) is 0 Å². The van der Waals surface area contributed by atoms with Crippen LogP contribution in [0.3, 0.4) is 0 Å². The Labute approximate surface area is 75.1 Å². The number of likely N-dealkylation sites (N-methyl/N-ethyl adjacent to an activating group) is 1. The summed E-state index contributed by atoms with van der Waals surface area (Å²) in [6.07, 6.45) is 0.691. The van der Waals surface area contributed by atoms with Crippen molar-refractivity contribution in [2.75, 3.05) is 33.4 Å². The molecule has 2 nitrogen and oxygen atoms in total. The smallest absolute Gasteiger partial charge is 0.0906 e. The van der Waals surface area contributed by atoms with Crippen molar-refractivity contribution >= 4 is 0 Å². The summed E-state index contributed by atoms with van der Waals surface area (Å²) in [5, 5.41) is 3.17. The molecule has 0 aliphatic carbocycles. The molecule has 0 saturated carbocycles. The van der Waals surface area contributed by atoms with Crippen LogP contribution in [-0.4, -0.2) is 44.3 Å². The molecule has 1 saturated heterocycles. The van der Waals surface area contributed by atoms with E-state index in [9.17, 15) is 4.39 Å². The molecule has 0 aromatic rings. The Morgan fingerprint density at radius 3 is 2.42 bits per heavy atom. The quantitative estimate of drug-likeness (QED) is 0.694. The number of alkyl halides is 1. The van der Waals surface area contributed by atoms with E-state index >= 15 is 0 Å². The van der Waals surface area contributed by atoms with Gasteiger partial charge in [0.25, 0.3) is 0 Å². The van der Waals surface area contributed by atoms with Crippen LogP contribution in [0.1, 0.15) is 20.3 Å². The zero-order valence-electron chi connectivity index (χ0n) is 8.44. The van der Waals surface area contributed by atoms with E-state index in [-0.39, 0.29) is 6.67 Å². The Morgan fingerprint density at radius 2 is 2.00 bits per heavy atom. The summed E-state index contributed by atoms with van der Waals surface area (Å²) in [6, 6.07) is 0.652. The van der Waals surface area contributed by atoms with Crippen LogP contribution in [-0.2, 0) is 0 Å². The van der Waals surface area contributed by atoms with Crippen LogP contribution < -0.4 is 5.32 Å². The van der Waals surface area contributed by atoms with E-state index in [0.717, 1.165) is 19.6 Å². The maximum Gasteiger partial charge on any atom is 0.0906 e. The van der Waals surface area contributed by atoms with E-state index in [1.807, 2.05) is 20.9 Å². The fourth-order valence-corrected chi connectivity index (χ4v) is 1.22. The summed E-state index contributed by atoms with van der Waals surface area (Å²) in [5.74, 6) is 0. The predicted molar refractivity (Wildman–Crippen MR) is 51.2 cm³/mol. The van der Waals surface area contributed by atoms with E-state index < -0.39 is 0 Å². The van der Waals surface area contributed by atoms with Gasteiger partial charge < -0.3 is 10.2 Å². The summed E-state index contributed by atoms with van der Waals surface area (Å²) >= 11 is 0. The van der Waals surface area contributed by atoms with Gasteiger partial charge in [0.05, 0.1) is 6.67 Å². The summed E-state index contributed by atoms with van der Waals surface area (Å²) in [6.45, 7) is 6.93. The van der Waals surface area contributed by atoms with Crippen LogP contribution in [0.5, 0.6) is 0 Å². The van der Waals surface area contributed by atoms with Crippen LogP contribution >= 0.6 is 0 Å². The molecule has 74 valence electrons. The van der Waals surface area contributed by atoms with Crippen molar-refractivity contribution in [2.24, 2.45) is 0 Å². The van der Waals surface area contributed by atoms with Crippen molar-refractivity contribution in [1.82, 2.24) is 10.2 Å². The van der Waals surface area contributed by atoms with Gasteiger partial charge in [0.1, 0.15) is 0 Å². The van der Waals surface area contributed by atoms with Gasteiger partial charge in [0, 0.05) is 25.7 Å². The number of rotatable bonds is 4. The normalized spacial score (nSPS) is 18.0. The number of hydrogen-bond donors (Lipinski definition) is 1. The molecule has 1 aliphatic rings. The molecule has 1 heterocycles. The van der Waals surface area contributed by atoms with E-state index in [2.05, 4.69) is 10.2 Å². The molecule has 1 fully saturated rings. The highest BCUT2D eigenvalue weighted by Gasteiger charge is 2.23. The van der Waals surface area contributed by atoms with Crippen molar-refractivity contribution < 1.29 is 4.39 Å². The van der Waals surface area contributed by atoms with E-state index in [1.54, 1.807) is 0 Å². The Kier molecular flexibility index (Phi) is 7.40. The maximum atomic E-state index is 11.7. The molecular weight excluding hydrogens is 155 g/mol. The van der Waals surface area contributed by atoms with Crippen molar-refractivity contribution in [3.8, 4) is 0 Å². The van der Waals surface area contributed by atoms with Crippen LogP contribution in [0.4, 0.5) is 4.39 Å². The highest BCUT2D eigenvalue weighted by Crippen LogP contribution is 2.06. The maximum absolute atomic E-state index is 11.7. The second-order valence-electron chi connectivity index (χ2n) is 2.79. The Bertz CT molecular complexity index is 89.8. The van der Waals surface area contributed by atoms with Gasteiger partial charge in [0.15, 0.2) is 0 Å². The van der Waals surface area contributed by atoms with Gasteiger partial charge in [-0.2, -0.15) is 0 Å². The molecule has 0 aromatic heterocycles. The number of nitrogens with zero attached hydrogens (tertiary/aromatic N) is 1. The largest absolute Gasteiger partial charge is 0.315 e. The zero-order chi connectivity index (χ0) is 9.40. The third-order valence-electron chi connectivity index (χ3n) is 1.97.